The number of carbonyl (C=O) groups excluding carboxylic acids is 1. The Balaban J connectivity index is 1.69. The predicted molar refractivity (Wildman–Crippen MR) is 111 cm³/mol. The lowest BCUT2D eigenvalue weighted by Crippen LogP contribution is -2.44. The topological polar surface area (TPSA) is 44.8 Å². The van der Waals surface area contributed by atoms with Gasteiger partial charge < -0.3 is 19.9 Å². The Bertz CT molecular complexity index is 802. The van der Waals surface area contributed by atoms with Crippen LogP contribution in [0.4, 0.5) is 11.4 Å². The number of benzene rings is 2. The highest BCUT2D eigenvalue weighted by Gasteiger charge is 2.17. The van der Waals surface area contributed by atoms with Crippen LogP contribution < -0.4 is 15.0 Å². The Morgan fingerprint density at radius 3 is 2.52 bits per heavy atom. The zero-order valence-electron chi connectivity index (χ0n) is 16.0. The number of likely N-dealkylation sites (N-methyl/N-ethyl adjacent to an activating group) is 1. The number of hydrogen-bond acceptors (Lipinski definition) is 4. The summed E-state index contributed by atoms with van der Waals surface area (Å²) in [7, 11) is 2.12. The van der Waals surface area contributed by atoms with Gasteiger partial charge in [-0.15, -0.1) is 0 Å². The van der Waals surface area contributed by atoms with Gasteiger partial charge in [-0.05, 0) is 57.3 Å². The summed E-state index contributed by atoms with van der Waals surface area (Å²) >= 11 is 6.48. The standard InChI is InChI=1S/C21H26ClN3O2/c1-15(2)27-18-6-4-5-16(13-18)21(26)23-17-7-8-20(19(22)14-17)25-11-9-24(3)10-12-25/h4-8,13-15H,9-12H2,1-3H3,(H,23,26). The summed E-state index contributed by atoms with van der Waals surface area (Å²) in [4.78, 5) is 17.1. The molecule has 1 fully saturated rings. The molecule has 1 heterocycles. The number of ether oxygens (including phenoxy) is 1. The van der Waals surface area contributed by atoms with Crippen molar-refractivity contribution < 1.29 is 9.53 Å². The molecule has 3 rings (SSSR count). The number of anilines is 2. The van der Waals surface area contributed by atoms with Gasteiger partial charge in [-0.3, -0.25) is 4.79 Å². The maximum Gasteiger partial charge on any atom is 0.255 e. The van der Waals surface area contributed by atoms with Gasteiger partial charge in [0.25, 0.3) is 5.91 Å². The first-order chi connectivity index (χ1) is 12.9. The van der Waals surface area contributed by atoms with E-state index >= 15 is 0 Å². The second-order valence-corrected chi connectivity index (χ2v) is 7.51. The molecule has 1 aliphatic heterocycles. The van der Waals surface area contributed by atoms with E-state index in [1.54, 1.807) is 12.1 Å². The highest BCUT2D eigenvalue weighted by molar-refractivity contribution is 6.33. The fraction of sp³-hybridized carbons (Fsp3) is 0.381. The van der Waals surface area contributed by atoms with Gasteiger partial charge in [-0.1, -0.05) is 17.7 Å². The SMILES string of the molecule is CC(C)Oc1cccc(C(=O)Nc2ccc(N3CCN(C)CC3)c(Cl)c2)c1. The zero-order valence-corrected chi connectivity index (χ0v) is 16.8. The lowest BCUT2D eigenvalue weighted by Gasteiger charge is -2.34. The van der Waals surface area contributed by atoms with E-state index in [2.05, 4.69) is 22.2 Å². The van der Waals surface area contributed by atoms with Crippen LogP contribution in [0.1, 0.15) is 24.2 Å². The molecule has 0 bridgehead atoms. The van der Waals surface area contributed by atoms with Gasteiger partial charge in [-0.2, -0.15) is 0 Å². The van der Waals surface area contributed by atoms with Crippen LogP contribution in [0.25, 0.3) is 0 Å². The third-order valence-electron chi connectivity index (χ3n) is 4.52. The van der Waals surface area contributed by atoms with E-state index in [0.717, 1.165) is 31.9 Å². The highest BCUT2D eigenvalue weighted by Crippen LogP contribution is 2.30. The average Bonchev–Trinajstić information content (AvgIpc) is 2.62. The third-order valence-corrected chi connectivity index (χ3v) is 4.82. The summed E-state index contributed by atoms with van der Waals surface area (Å²) < 4.78 is 5.65. The number of rotatable bonds is 5. The molecule has 0 spiro atoms. The van der Waals surface area contributed by atoms with Gasteiger partial charge in [0.05, 0.1) is 16.8 Å². The first kappa shape index (κ1) is 19.5. The summed E-state index contributed by atoms with van der Waals surface area (Å²) in [5.74, 6) is 0.494. The molecule has 2 aromatic rings. The molecular formula is C21H26ClN3O2. The maximum absolute atomic E-state index is 12.6. The smallest absolute Gasteiger partial charge is 0.255 e. The van der Waals surface area contributed by atoms with Crippen molar-refractivity contribution in [3.05, 3.63) is 53.1 Å². The molecule has 0 unspecified atom stereocenters. The van der Waals surface area contributed by atoms with Gasteiger partial charge in [-0.25, -0.2) is 0 Å². The van der Waals surface area contributed by atoms with Crippen molar-refractivity contribution in [1.29, 1.82) is 0 Å². The van der Waals surface area contributed by atoms with Crippen LogP contribution in [0.15, 0.2) is 42.5 Å². The Labute approximate surface area is 165 Å². The number of amides is 1. The summed E-state index contributed by atoms with van der Waals surface area (Å²) in [5.41, 5.74) is 2.24. The molecule has 0 atom stereocenters. The Hall–Kier alpha value is -2.24. The quantitative estimate of drug-likeness (QED) is 0.837. The van der Waals surface area contributed by atoms with Crippen molar-refractivity contribution in [1.82, 2.24) is 4.90 Å². The van der Waals surface area contributed by atoms with Gasteiger partial charge in [0, 0.05) is 37.4 Å². The van der Waals surface area contributed by atoms with Crippen LogP contribution in [-0.4, -0.2) is 50.1 Å². The molecule has 0 aliphatic carbocycles. The third kappa shape index (κ3) is 5.15. The molecule has 0 aromatic heterocycles. The van der Waals surface area contributed by atoms with E-state index in [0.29, 0.717) is 22.0 Å². The van der Waals surface area contributed by atoms with Crippen LogP contribution in [0.2, 0.25) is 5.02 Å². The summed E-state index contributed by atoms with van der Waals surface area (Å²) in [5, 5.41) is 3.56. The predicted octanol–water partition coefficient (Wildman–Crippen LogP) is 4.13. The Morgan fingerprint density at radius 1 is 1.11 bits per heavy atom. The van der Waals surface area contributed by atoms with E-state index in [-0.39, 0.29) is 12.0 Å². The molecule has 1 aliphatic rings. The summed E-state index contributed by atoms with van der Waals surface area (Å²) in [6, 6.07) is 12.8. The number of halogens is 1. The summed E-state index contributed by atoms with van der Waals surface area (Å²) in [6.07, 6.45) is 0.0595. The van der Waals surface area contributed by atoms with Crippen molar-refractivity contribution in [3.8, 4) is 5.75 Å². The first-order valence-electron chi connectivity index (χ1n) is 9.23. The molecule has 1 N–H and O–H groups in total. The highest BCUT2D eigenvalue weighted by atomic mass is 35.5. The van der Waals surface area contributed by atoms with Crippen LogP contribution in [-0.2, 0) is 0 Å². The van der Waals surface area contributed by atoms with Crippen molar-refractivity contribution in [3.63, 3.8) is 0 Å². The summed E-state index contributed by atoms with van der Waals surface area (Å²) in [6.45, 7) is 7.84. The Morgan fingerprint density at radius 2 is 1.85 bits per heavy atom. The molecule has 0 radical (unpaired) electrons. The van der Waals surface area contributed by atoms with Gasteiger partial charge in [0.2, 0.25) is 0 Å². The molecule has 1 saturated heterocycles. The average molecular weight is 388 g/mol. The monoisotopic (exact) mass is 387 g/mol. The lowest BCUT2D eigenvalue weighted by molar-refractivity contribution is 0.102. The minimum atomic E-state index is -0.187. The first-order valence-corrected chi connectivity index (χ1v) is 9.61. The number of nitrogens with zero attached hydrogens (tertiary/aromatic N) is 2. The zero-order chi connectivity index (χ0) is 19.4. The van der Waals surface area contributed by atoms with Gasteiger partial charge in [0.15, 0.2) is 0 Å². The molecule has 144 valence electrons. The van der Waals surface area contributed by atoms with Crippen molar-refractivity contribution in [2.24, 2.45) is 0 Å². The molecule has 0 saturated carbocycles. The minimum Gasteiger partial charge on any atom is -0.491 e. The number of carbonyl (C=O) groups is 1. The number of hydrogen-bond donors (Lipinski definition) is 1. The minimum absolute atomic E-state index is 0.0595. The molecule has 5 nitrogen and oxygen atoms in total. The second kappa shape index (κ2) is 8.63. The molecular weight excluding hydrogens is 362 g/mol. The Kier molecular flexibility index (Phi) is 6.24. The lowest BCUT2D eigenvalue weighted by atomic mass is 10.2. The largest absolute Gasteiger partial charge is 0.491 e. The van der Waals surface area contributed by atoms with Crippen LogP contribution >= 0.6 is 11.6 Å². The van der Waals surface area contributed by atoms with Crippen molar-refractivity contribution in [2.45, 2.75) is 20.0 Å². The van der Waals surface area contributed by atoms with E-state index < -0.39 is 0 Å². The van der Waals surface area contributed by atoms with Gasteiger partial charge >= 0.3 is 0 Å². The normalized spacial score (nSPS) is 15.1. The van der Waals surface area contributed by atoms with Crippen molar-refractivity contribution >= 4 is 28.9 Å². The van der Waals surface area contributed by atoms with Crippen LogP contribution in [0, 0.1) is 0 Å². The number of piperazine rings is 1. The van der Waals surface area contributed by atoms with E-state index in [4.69, 9.17) is 16.3 Å². The fourth-order valence-corrected chi connectivity index (χ4v) is 3.37. The van der Waals surface area contributed by atoms with E-state index in [9.17, 15) is 4.79 Å². The van der Waals surface area contributed by atoms with Crippen molar-refractivity contribution in [2.75, 3.05) is 43.4 Å². The van der Waals surface area contributed by atoms with Crippen LogP contribution in [0.3, 0.4) is 0 Å². The van der Waals surface area contributed by atoms with E-state index in [1.165, 1.54) is 0 Å². The maximum atomic E-state index is 12.6. The number of nitrogens with one attached hydrogen (secondary N) is 1. The molecule has 2 aromatic carbocycles. The second-order valence-electron chi connectivity index (χ2n) is 7.11. The fourth-order valence-electron chi connectivity index (χ4n) is 3.07. The van der Waals surface area contributed by atoms with E-state index in [1.807, 2.05) is 44.2 Å². The molecule has 6 heteroatoms. The van der Waals surface area contributed by atoms with Gasteiger partial charge in [0.1, 0.15) is 5.75 Å². The van der Waals surface area contributed by atoms with Crippen LogP contribution in [0.5, 0.6) is 5.75 Å². The molecule has 1 amide bonds. The molecule has 27 heavy (non-hydrogen) atoms.